The average Bonchev–Trinajstić information content (AvgIpc) is 3.15. The molecule has 3 N–H and O–H groups in total. The first-order valence-electron chi connectivity index (χ1n) is 9.64. The van der Waals surface area contributed by atoms with E-state index in [0.717, 1.165) is 0 Å². The third-order valence-corrected chi connectivity index (χ3v) is 4.64. The molecule has 2 heterocycles. The molecule has 0 saturated heterocycles. The lowest BCUT2D eigenvalue weighted by atomic mass is 10.1. The molecule has 3 rings (SSSR count). The number of carbonyl (C=O) groups is 2. The normalized spacial score (nSPS) is 11.8. The Morgan fingerprint density at radius 1 is 1.27 bits per heavy atom. The molecule has 1 amide bonds. The van der Waals surface area contributed by atoms with E-state index in [2.05, 4.69) is 20.3 Å². The van der Waals surface area contributed by atoms with Crippen LogP contribution in [-0.4, -0.2) is 57.5 Å². The molecular formula is C22H25N5O3. The highest BCUT2D eigenvalue weighted by Gasteiger charge is 2.19. The average molecular weight is 407 g/mol. The van der Waals surface area contributed by atoms with Crippen LogP contribution in [0.5, 0.6) is 0 Å². The number of nitrogens with zero attached hydrogens (tertiary/aromatic N) is 3. The SMILES string of the molecule is CCc1nc(-c2cccc(NC(=O)C(C)=CCN(C)C)c2)c2c(C(=O)O)c[nH]c2n1. The van der Waals surface area contributed by atoms with Crippen molar-refractivity contribution in [2.45, 2.75) is 20.3 Å². The predicted octanol–water partition coefficient (Wildman–Crippen LogP) is 3.33. The highest BCUT2D eigenvalue weighted by Crippen LogP contribution is 2.30. The van der Waals surface area contributed by atoms with Gasteiger partial charge < -0.3 is 20.3 Å². The maximum atomic E-state index is 12.5. The van der Waals surface area contributed by atoms with Gasteiger partial charge in [0.25, 0.3) is 5.91 Å². The van der Waals surface area contributed by atoms with Crippen LogP contribution in [0.4, 0.5) is 5.69 Å². The minimum absolute atomic E-state index is 0.111. The number of carbonyl (C=O) groups excluding carboxylic acids is 1. The van der Waals surface area contributed by atoms with Gasteiger partial charge in [0.2, 0.25) is 0 Å². The van der Waals surface area contributed by atoms with Crippen LogP contribution in [0.15, 0.2) is 42.1 Å². The molecule has 30 heavy (non-hydrogen) atoms. The van der Waals surface area contributed by atoms with E-state index < -0.39 is 5.97 Å². The van der Waals surface area contributed by atoms with Crippen molar-refractivity contribution in [1.29, 1.82) is 0 Å². The van der Waals surface area contributed by atoms with Gasteiger partial charge in [-0.25, -0.2) is 14.8 Å². The standard InChI is InChI=1S/C22H25N5O3/c1-5-17-25-19(18-16(22(29)30)12-23-20(18)26-17)14-7-6-8-15(11-14)24-21(28)13(2)9-10-27(3)4/h6-9,11-12H,5,10H2,1-4H3,(H,24,28)(H,29,30)(H,23,25,26). The molecule has 0 radical (unpaired) electrons. The fourth-order valence-corrected chi connectivity index (χ4v) is 3.00. The van der Waals surface area contributed by atoms with E-state index in [4.69, 9.17) is 0 Å². The zero-order chi connectivity index (χ0) is 21.8. The molecule has 0 fully saturated rings. The number of aromatic carboxylic acids is 1. The predicted molar refractivity (Wildman–Crippen MR) is 117 cm³/mol. The number of nitrogens with one attached hydrogen (secondary N) is 2. The number of carboxylic acid groups (broad SMARTS) is 1. The number of benzene rings is 1. The molecule has 0 saturated carbocycles. The third kappa shape index (κ3) is 4.55. The Morgan fingerprint density at radius 2 is 2.03 bits per heavy atom. The van der Waals surface area contributed by atoms with Crippen LogP contribution in [-0.2, 0) is 11.2 Å². The number of carboxylic acids is 1. The largest absolute Gasteiger partial charge is 0.478 e. The molecular weight excluding hydrogens is 382 g/mol. The summed E-state index contributed by atoms with van der Waals surface area (Å²) in [5.74, 6) is -0.640. The van der Waals surface area contributed by atoms with Gasteiger partial charge in [-0.2, -0.15) is 0 Å². The van der Waals surface area contributed by atoms with Gasteiger partial charge in [0.15, 0.2) is 0 Å². The van der Waals surface area contributed by atoms with Crippen LogP contribution in [0, 0.1) is 0 Å². The molecule has 0 aliphatic carbocycles. The highest BCUT2D eigenvalue weighted by atomic mass is 16.4. The minimum Gasteiger partial charge on any atom is -0.478 e. The van der Waals surface area contributed by atoms with E-state index in [9.17, 15) is 14.7 Å². The van der Waals surface area contributed by atoms with Crippen molar-refractivity contribution in [1.82, 2.24) is 19.9 Å². The van der Waals surface area contributed by atoms with Crippen molar-refractivity contribution >= 4 is 28.6 Å². The Labute approximate surface area is 174 Å². The van der Waals surface area contributed by atoms with Crippen molar-refractivity contribution in [3.63, 3.8) is 0 Å². The quantitative estimate of drug-likeness (QED) is 0.518. The Hall–Kier alpha value is -3.52. The fourth-order valence-electron chi connectivity index (χ4n) is 3.00. The molecule has 156 valence electrons. The molecule has 0 spiro atoms. The Morgan fingerprint density at radius 3 is 2.70 bits per heavy atom. The smallest absolute Gasteiger partial charge is 0.338 e. The lowest BCUT2D eigenvalue weighted by Gasteiger charge is -2.10. The Balaban J connectivity index is 2.01. The van der Waals surface area contributed by atoms with Crippen molar-refractivity contribution < 1.29 is 14.7 Å². The van der Waals surface area contributed by atoms with Crippen LogP contribution in [0.3, 0.4) is 0 Å². The van der Waals surface area contributed by atoms with E-state index >= 15 is 0 Å². The lowest BCUT2D eigenvalue weighted by molar-refractivity contribution is -0.112. The van der Waals surface area contributed by atoms with Crippen molar-refractivity contribution in [2.24, 2.45) is 0 Å². The second-order valence-electron chi connectivity index (χ2n) is 7.26. The van der Waals surface area contributed by atoms with Gasteiger partial charge >= 0.3 is 5.97 Å². The van der Waals surface area contributed by atoms with E-state index in [1.54, 1.807) is 25.1 Å². The van der Waals surface area contributed by atoms with Crippen molar-refractivity contribution in [3.05, 3.63) is 53.5 Å². The summed E-state index contributed by atoms with van der Waals surface area (Å²) in [5, 5.41) is 12.9. The number of likely N-dealkylation sites (N-methyl/N-ethyl adjacent to an activating group) is 1. The number of anilines is 1. The van der Waals surface area contributed by atoms with Crippen LogP contribution in [0.1, 0.15) is 30.0 Å². The zero-order valence-electron chi connectivity index (χ0n) is 17.5. The summed E-state index contributed by atoms with van der Waals surface area (Å²) in [6.45, 7) is 4.37. The summed E-state index contributed by atoms with van der Waals surface area (Å²) in [7, 11) is 3.87. The Bertz CT molecular complexity index is 1130. The van der Waals surface area contributed by atoms with E-state index in [1.165, 1.54) is 6.20 Å². The number of aromatic amines is 1. The minimum atomic E-state index is -1.05. The summed E-state index contributed by atoms with van der Waals surface area (Å²) >= 11 is 0. The number of aryl methyl sites for hydroxylation is 1. The molecule has 0 unspecified atom stereocenters. The first kappa shape index (κ1) is 21.2. The summed E-state index contributed by atoms with van der Waals surface area (Å²) in [6, 6.07) is 7.21. The van der Waals surface area contributed by atoms with E-state index in [0.29, 0.717) is 52.3 Å². The second-order valence-corrected chi connectivity index (χ2v) is 7.26. The second kappa shape index (κ2) is 8.87. The van der Waals surface area contributed by atoms with Gasteiger partial charge in [-0.3, -0.25) is 4.79 Å². The highest BCUT2D eigenvalue weighted by molar-refractivity contribution is 6.08. The molecule has 0 aliphatic heterocycles. The molecule has 8 heteroatoms. The number of hydrogen-bond donors (Lipinski definition) is 3. The van der Waals surface area contributed by atoms with Gasteiger partial charge in [-0.05, 0) is 33.2 Å². The monoisotopic (exact) mass is 407 g/mol. The summed E-state index contributed by atoms with van der Waals surface area (Å²) in [5.41, 5.74) is 3.03. The number of rotatable bonds is 7. The molecule has 3 aromatic rings. The van der Waals surface area contributed by atoms with Crippen LogP contribution in [0.25, 0.3) is 22.3 Å². The maximum absolute atomic E-state index is 12.5. The van der Waals surface area contributed by atoms with E-state index in [-0.39, 0.29) is 11.5 Å². The van der Waals surface area contributed by atoms with Gasteiger partial charge in [0.1, 0.15) is 11.5 Å². The zero-order valence-corrected chi connectivity index (χ0v) is 17.5. The van der Waals surface area contributed by atoms with Crippen LogP contribution >= 0.6 is 0 Å². The molecule has 0 bridgehead atoms. The first-order valence-corrected chi connectivity index (χ1v) is 9.64. The fraction of sp³-hybridized carbons (Fsp3) is 0.273. The molecule has 0 aliphatic rings. The van der Waals surface area contributed by atoms with Gasteiger partial charge in [0.05, 0.1) is 16.6 Å². The maximum Gasteiger partial charge on any atom is 0.338 e. The summed E-state index contributed by atoms with van der Waals surface area (Å²) in [6.07, 6.45) is 3.89. The lowest BCUT2D eigenvalue weighted by Crippen LogP contribution is -2.16. The van der Waals surface area contributed by atoms with Crippen molar-refractivity contribution in [3.8, 4) is 11.3 Å². The van der Waals surface area contributed by atoms with E-state index in [1.807, 2.05) is 38.1 Å². The summed E-state index contributed by atoms with van der Waals surface area (Å²) < 4.78 is 0. The van der Waals surface area contributed by atoms with Crippen LogP contribution < -0.4 is 5.32 Å². The number of amides is 1. The molecule has 1 aromatic carbocycles. The van der Waals surface area contributed by atoms with Gasteiger partial charge in [-0.1, -0.05) is 25.1 Å². The summed E-state index contributed by atoms with van der Waals surface area (Å²) in [4.78, 5) is 38.0. The van der Waals surface area contributed by atoms with Crippen LogP contribution in [0.2, 0.25) is 0 Å². The number of H-pyrrole nitrogens is 1. The first-order chi connectivity index (χ1) is 14.3. The molecule has 8 nitrogen and oxygen atoms in total. The van der Waals surface area contributed by atoms with Gasteiger partial charge in [0, 0.05) is 36.0 Å². The molecule has 2 aromatic heterocycles. The number of hydrogen-bond acceptors (Lipinski definition) is 5. The third-order valence-electron chi connectivity index (χ3n) is 4.64. The van der Waals surface area contributed by atoms with Crippen molar-refractivity contribution in [2.75, 3.05) is 26.0 Å². The Kier molecular flexibility index (Phi) is 6.27. The topological polar surface area (TPSA) is 111 Å². The number of fused-ring (bicyclic) bond motifs is 1. The number of aromatic nitrogens is 3. The molecule has 0 atom stereocenters. The van der Waals surface area contributed by atoms with Gasteiger partial charge in [-0.15, -0.1) is 0 Å².